The number of nitrogens with two attached hydrogens (primary N) is 1. The van der Waals surface area contributed by atoms with Crippen LogP contribution in [-0.2, 0) is 38.3 Å². The number of thiazole rings is 1. The number of rotatable bonds is 12. The Balaban J connectivity index is 1.58. The number of hydrogen-bond donors (Lipinski definition) is 2. The predicted octanol–water partition coefficient (Wildman–Crippen LogP) is 1.60. The molecule has 0 aromatic carbocycles. The minimum Gasteiger partial charge on any atom is -0.462 e. The van der Waals surface area contributed by atoms with Gasteiger partial charge in [-0.25, -0.2) is 14.6 Å². The van der Waals surface area contributed by atoms with Gasteiger partial charge >= 0.3 is 11.9 Å². The number of thioether (sulfide) groups is 1. The normalized spacial score (nSPS) is 21.2. The van der Waals surface area contributed by atoms with Crippen molar-refractivity contribution in [3.8, 4) is 0 Å². The first-order valence-electron chi connectivity index (χ1n) is 14.3. The second-order valence-electron chi connectivity index (χ2n) is 10.8. The van der Waals surface area contributed by atoms with E-state index in [1.165, 1.54) is 29.2 Å². The quantitative estimate of drug-likeness (QED) is 0.109. The maximum absolute atomic E-state index is 13.6. The fraction of sp³-hybridized carbons (Fsp3) is 0.483. The molecule has 3 aliphatic heterocycles. The zero-order valence-electron chi connectivity index (χ0n) is 25.7. The summed E-state index contributed by atoms with van der Waals surface area (Å²) >= 11 is 2.43. The Morgan fingerprint density at radius 2 is 2.02 bits per heavy atom. The van der Waals surface area contributed by atoms with Crippen LogP contribution in [0.3, 0.4) is 0 Å². The fourth-order valence-corrected chi connectivity index (χ4v) is 6.58. The van der Waals surface area contributed by atoms with E-state index in [2.05, 4.69) is 15.5 Å². The number of nitrogen functional groups attached to an aromatic ring is 1. The smallest absolute Gasteiger partial charge is 0.355 e. The molecule has 0 radical (unpaired) electrons. The third kappa shape index (κ3) is 7.56. The first kappa shape index (κ1) is 33.7. The number of nitrogens with one attached hydrogen (secondary N) is 1. The van der Waals surface area contributed by atoms with E-state index < -0.39 is 35.2 Å². The number of carbonyl (C=O) groups excluding carboxylic acids is 5. The number of likely N-dealkylation sites (tertiary alicyclic amines) is 1. The summed E-state index contributed by atoms with van der Waals surface area (Å²) in [7, 11) is 2.96. The molecule has 0 aliphatic carbocycles. The minimum atomic E-state index is -1.00. The van der Waals surface area contributed by atoms with Crippen LogP contribution in [0.15, 0.2) is 45.1 Å². The molecular weight excluding hydrogens is 624 g/mol. The molecule has 1 aromatic heterocycles. The zero-order chi connectivity index (χ0) is 32.8. The van der Waals surface area contributed by atoms with Gasteiger partial charge in [-0.15, -0.1) is 23.1 Å². The number of fused-ring (bicyclic) bond motifs is 1. The van der Waals surface area contributed by atoms with Crippen LogP contribution in [0.1, 0.15) is 39.3 Å². The number of aromatic nitrogens is 1. The topological polar surface area (TPSA) is 183 Å². The molecule has 0 bridgehead atoms. The van der Waals surface area contributed by atoms with Crippen molar-refractivity contribution >= 4 is 63.6 Å². The zero-order valence-corrected chi connectivity index (χ0v) is 27.3. The van der Waals surface area contributed by atoms with E-state index in [1.54, 1.807) is 24.1 Å². The molecule has 14 nitrogen and oxygen atoms in total. The number of likely N-dealkylation sites (N-methyl/N-ethyl adjacent to an activating group) is 1. The van der Waals surface area contributed by atoms with E-state index in [0.29, 0.717) is 30.5 Å². The van der Waals surface area contributed by atoms with Gasteiger partial charge in [-0.1, -0.05) is 32.0 Å². The SMILES string of the molecule is CCC=C(COC(=O)C1=C(C=C2CCN(C)C2=O)CSC2C(NC(=O)C(=NOC)c3csc(N)n3)C(=O)N12)C(=O)OCC(C)C. The molecule has 0 spiro atoms. The van der Waals surface area contributed by atoms with Gasteiger partial charge in [-0.05, 0) is 30.4 Å². The number of allylic oxidation sites excluding steroid dienone is 2. The van der Waals surface area contributed by atoms with Crippen LogP contribution in [0.4, 0.5) is 5.13 Å². The summed E-state index contributed by atoms with van der Waals surface area (Å²) in [4.78, 5) is 77.3. The van der Waals surface area contributed by atoms with Crippen molar-refractivity contribution in [2.45, 2.75) is 45.0 Å². The van der Waals surface area contributed by atoms with Gasteiger partial charge in [-0.2, -0.15) is 0 Å². The summed E-state index contributed by atoms with van der Waals surface area (Å²) in [5, 5.41) is 7.53. The van der Waals surface area contributed by atoms with Gasteiger partial charge in [0.05, 0.1) is 12.2 Å². The molecular formula is C29H36N6O8S2. The largest absolute Gasteiger partial charge is 0.462 e. The number of esters is 2. The number of ether oxygens (including phenoxy) is 2. The molecule has 1 aromatic rings. The fourth-order valence-electron chi connectivity index (χ4n) is 4.73. The van der Waals surface area contributed by atoms with Crippen molar-refractivity contribution in [3.05, 3.63) is 45.6 Å². The van der Waals surface area contributed by atoms with Crippen LogP contribution < -0.4 is 11.1 Å². The maximum Gasteiger partial charge on any atom is 0.355 e. The Labute approximate surface area is 268 Å². The Bertz CT molecular complexity index is 1500. The summed E-state index contributed by atoms with van der Waals surface area (Å²) in [5.41, 5.74) is 6.78. The van der Waals surface area contributed by atoms with Gasteiger partial charge in [0.15, 0.2) is 10.8 Å². The third-order valence-electron chi connectivity index (χ3n) is 6.95. The third-order valence-corrected chi connectivity index (χ3v) is 8.92. The lowest BCUT2D eigenvalue weighted by atomic mass is 10.0. The first-order valence-corrected chi connectivity index (χ1v) is 16.2. The van der Waals surface area contributed by atoms with Crippen LogP contribution >= 0.6 is 23.1 Å². The van der Waals surface area contributed by atoms with Crippen molar-refractivity contribution in [2.75, 3.05) is 45.4 Å². The van der Waals surface area contributed by atoms with Gasteiger partial charge in [0, 0.05) is 30.3 Å². The van der Waals surface area contributed by atoms with Crippen molar-refractivity contribution in [1.29, 1.82) is 0 Å². The molecule has 45 heavy (non-hydrogen) atoms. The summed E-state index contributed by atoms with van der Waals surface area (Å²) in [6, 6.07) is -1.00. The predicted molar refractivity (Wildman–Crippen MR) is 168 cm³/mol. The van der Waals surface area contributed by atoms with Gasteiger partial charge in [0.2, 0.25) is 5.91 Å². The number of nitrogens with zero attached hydrogens (tertiary/aromatic N) is 4. The van der Waals surface area contributed by atoms with Crippen LogP contribution in [-0.4, -0.2) is 101 Å². The second-order valence-corrected chi connectivity index (χ2v) is 12.8. The van der Waals surface area contributed by atoms with Crippen molar-refractivity contribution < 1.29 is 38.3 Å². The lowest BCUT2D eigenvalue weighted by Crippen LogP contribution is -2.71. The van der Waals surface area contributed by atoms with Crippen LogP contribution in [0, 0.1) is 5.92 Å². The average Bonchev–Trinajstić information content (AvgIpc) is 3.58. The minimum absolute atomic E-state index is 0.0476. The van der Waals surface area contributed by atoms with Gasteiger partial charge in [0.1, 0.15) is 36.5 Å². The van der Waals surface area contributed by atoms with Gasteiger partial charge in [0.25, 0.3) is 11.8 Å². The Morgan fingerprint density at radius 3 is 2.62 bits per heavy atom. The van der Waals surface area contributed by atoms with Crippen LogP contribution in [0.5, 0.6) is 0 Å². The van der Waals surface area contributed by atoms with Crippen molar-refractivity contribution in [3.63, 3.8) is 0 Å². The van der Waals surface area contributed by atoms with Gasteiger partial charge in [-0.3, -0.25) is 19.3 Å². The monoisotopic (exact) mass is 660 g/mol. The molecule has 0 saturated carbocycles. The lowest BCUT2D eigenvalue weighted by Gasteiger charge is -2.49. The second kappa shape index (κ2) is 14.7. The summed E-state index contributed by atoms with van der Waals surface area (Å²) in [6.45, 7) is 6.02. The van der Waals surface area contributed by atoms with E-state index in [-0.39, 0.29) is 58.6 Å². The Kier molecular flexibility index (Phi) is 11.0. The molecule has 3 N–H and O–H groups in total. The number of anilines is 1. The molecule has 4 heterocycles. The number of amides is 3. The highest BCUT2D eigenvalue weighted by Crippen LogP contribution is 2.41. The number of β-lactam (4-membered cyclic amide) rings is 1. The molecule has 4 rings (SSSR count). The Hall–Kier alpha value is -4.18. The highest BCUT2D eigenvalue weighted by Gasteiger charge is 2.54. The average molecular weight is 661 g/mol. The molecule has 2 saturated heterocycles. The van der Waals surface area contributed by atoms with E-state index in [1.807, 2.05) is 20.8 Å². The van der Waals surface area contributed by atoms with E-state index in [0.717, 1.165) is 11.3 Å². The molecule has 3 amide bonds. The lowest BCUT2D eigenvalue weighted by molar-refractivity contribution is -0.152. The number of hydrogen-bond acceptors (Lipinski definition) is 13. The summed E-state index contributed by atoms with van der Waals surface area (Å²) in [5.74, 6) is -2.51. The van der Waals surface area contributed by atoms with Crippen LogP contribution in [0.25, 0.3) is 0 Å². The van der Waals surface area contributed by atoms with Crippen molar-refractivity contribution in [2.24, 2.45) is 11.1 Å². The molecule has 2 atom stereocenters. The van der Waals surface area contributed by atoms with Gasteiger partial charge < -0.3 is 30.3 Å². The molecule has 16 heteroatoms. The number of carbonyl (C=O) groups is 5. The van der Waals surface area contributed by atoms with E-state index >= 15 is 0 Å². The summed E-state index contributed by atoms with van der Waals surface area (Å²) < 4.78 is 10.9. The summed E-state index contributed by atoms with van der Waals surface area (Å²) in [6.07, 6.45) is 4.23. The highest BCUT2D eigenvalue weighted by molar-refractivity contribution is 8.00. The van der Waals surface area contributed by atoms with Crippen molar-refractivity contribution in [1.82, 2.24) is 20.1 Å². The molecule has 3 aliphatic rings. The standard InChI is InChI=1S/C29H36N6O8S2/c1-6-7-17(27(39)42-11-15(2)3)12-43-28(40)22-18(10-16-8-9-34(4)24(16)37)13-44-26-21(25(38)35(22)26)32-23(36)20(33-41-5)19-14-45-29(30)31-19/h7,10,14-15,21,26H,6,8-9,11-13H2,1-5H3,(H2,30,31)(H,32,36). The molecule has 2 fully saturated rings. The van der Waals surface area contributed by atoms with E-state index in [9.17, 15) is 24.0 Å². The Morgan fingerprint density at radius 1 is 1.27 bits per heavy atom. The van der Waals surface area contributed by atoms with Crippen LogP contribution in [0.2, 0.25) is 0 Å². The first-order chi connectivity index (χ1) is 21.5. The highest BCUT2D eigenvalue weighted by atomic mass is 32.2. The van der Waals surface area contributed by atoms with E-state index in [4.69, 9.17) is 20.0 Å². The molecule has 242 valence electrons. The number of oxime groups is 1. The molecule has 2 unspecified atom stereocenters. The maximum atomic E-state index is 13.6.